The largest absolute Gasteiger partial charge is 0.493 e. The molecule has 4 nitrogen and oxygen atoms in total. The molecule has 2 aromatic carbocycles. The van der Waals surface area contributed by atoms with Gasteiger partial charge in [0, 0.05) is 22.2 Å². The third kappa shape index (κ3) is 3.16. The average Bonchev–Trinajstić information content (AvgIpc) is 2.89. The number of hydrogen-bond donors (Lipinski definition) is 0. The number of amides is 1. The van der Waals surface area contributed by atoms with Crippen LogP contribution in [0.25, 0.3) is 11.6 Å². The van der Waals surface area contributed by atoms with Gasteiger partial charge in [-0.15, -0.1) is 0 Å². The van der Waals surface area contributed by atoms with Gasteiger partial charge in [-0.1, -0.05) is 34.1 Å². The van der Waals surface area contributed by atoms with E-state index in [9.17, 15) is 4.79 Å². The van der Waals surface area contributed by atoms with Gasteiger partial charge in [0.25, 0.3) is 5.91 Å². The fourth-order valence-corrected chi connectivity index (χ4v) is 3.44. The number of carbonyl (C=O) groups excluding carboxylic acids is 1. The Morgan fingerprint density at radius 1 is 1.16 bits per heavy atom. The summed E-state index contributed by atoms with van der Waals surface area (Å²) in [5, 5.41) is 0. The van der Waals surface area contributed by atoms with Gasteiger partial charge in [-0.3, -0.25) is 4.79 Å². The lowest BCUT2D eigenvalue weighted by Gasteiger charge is -2.13. The van der Waals surface area contributed by atoms with Crippen molar-refractivity contribution in [3.8, 4) is 11.5 Å². The van der Waals surface area contributed by atoms with Crippen molar-refractivity contribution in [1.82, 2.24) is 0 Å². The molecule has 1 aliphatic rings. The van der Waals surface area contributed by atoms with Crippen molar-refractivity contribution in [2.24, 2.45) is 0 Å². The standard InChI is InChI=1S/C20H20BrNO3/c1-4-22-17-9-7-6-8-14(17)15(20(22)23)10-13-11-19(25-5-2)18(24-3)12-16(13)21/h6-12H,4-5H2,1-3H3/b15-10-. The molecule has 1 heterocycles. The summed E-state index contributed by atoms with van der Waals surface area (Å²) in [6.07, 6.45) is 1.91. The number of hydrogen-bond acceptors (Lipinski definition) is 3. The predicted molar refractivity (Wildman–Crippen MR) is 104 cm³/mol. The summed E-state index contributed by atoms with van der Waals surface area (Å²) in [4.78, 5) is 14.6. The quantitative estimate of drug-likeness (QED) is 0.677. The maximum Gasteiger partial charge on any atom is 0.258 e. The Hall–Kier alpha value is -2.27. The molecule has 0 fully saturated rings. The number of fused-ring (bicyclic) bond motifs is 1. The first-order valence-corrected chi connectivity index (χ1v) is 9.03. The number of ether oxygens (including phenoxy) is 2. The van der Waals surface area contributed by atoms with Gasteiger partial charge in [-0.25, -0.2) is 0 Å². The van der Waals surface area contributed by atoms with E-state index >= 15 is 0 Å². The Labute approximate surface area is 156 Å². The first-order chi connectivity index (χ1) is 12.1. The molecule has 0 aromatic heterocycles. The maximum absolute atomic E-state index is 12.8. The normalized spacial score (nSPS) is 14.8. The van der Waals surface area contributed by atoms with Gasteiger partial charge in [-0.05, 0) is 43.7 Å². The lowest BCUT2D eigenvalue weighted by molar-refractivity contribution is -0.112. The molecule has 0 saturated carbocycles. The van der Waals surface area contributed by atoms with E-state index < -0.39 is 0 Å². The van der Waals surface area contributed by atoms with E-state index in [4.69, 9.17) is 9.47 Å². The second kappa shape index (κ2) is 7.31. The van der Waals surface area contributed by atoms with Gasteiger partial charge in [0.15, 0.2) is 11.5 Å². The van der Waals surface area contributed by atoms with Crippen LogP contribution in [0.2, 0.25) is 0 Å². The Morgan fingerprint density at radius 3 is 2.60 bits per heavy atom. The minimum Gasteiger partial charge on any atom is -0.493 e. The zero-order chi connectivity index (χ0) is 18.0. The van der Waals surface area contributed by atoms with E-state index in [-0.39, 0.29) is 5.91 Å². The molecule has 25 heavy (non-hydrogen) atoms. The molecule has 0 N–H and O–H groups in total. The zero-order valence-electron chi connectivity index (χ0n) is 14.5. The molecule has 0 spiro atoms. The molecule has 0 atom stereocenters. The van der Waals surface area contributed by atoms with Crippen molar-refractivity contribution in [3.63, 3.8) is 0 Å². The van der Waals surface area contributed by atoms with E-state index in [2.05, 4.69) is 15.9 Å². The van der Waals surface area contributed by atoms with Crippen LogP contribution >= 0.6 is 15.9 Å². The predicted octanol–water partition coefficient (Wildman–Crippen LogP) is 4.76. The average molecular weight is 402 g/mol. The van der Waals surface area contributed by atoms with E-state index in [1.54, 1.807) is 12.0 Å². The molecule has 0 unspecified atom stereocenters. The lowest BCUT2D eigenvalue weighted by atomic mass is 10.0. The van der Waals surface area contributed by atoms with Crippen LogP contribution in [0.15, 0.2) is 40.9 Å². The number of para-hydroxylation sites is 1. The van der Waals surface area contributed by atoms with Crippen LogP contribution in [0.3, 0.4) is 0 Å². The molecule has 3 rings (SSSR count). The molecule has 5 heteroatoms. The van der Waals surface area contributed by atoms with Crippen molar-refractivity contribution < 1.29 is 14.3 Å². The summed E-state index contributed by atoms with van der Waals surface area (Å²) in [6, 6.07) is 11.6. The number of anilines is 1. The number of nitrogens with zero attached hydrogens (tertiary/aromatic N) is 1. The van der Waals surface area contributed by atoms with Crippen LogP contribution in [-0.4, -0.2) is 26.2 Å². The molecule has 2 aromatic rings. The van der Waals surface area contributed by atoms with Gasteiger partial charge >= 0.3 is 0 Å². The SMILES string of the molecule is CCOc1cc(/C=C2\C(=O)N(CC)c3ccccc32)c(Br)cc1OC. The van der Waals surface area contributed by atoms with Gasteiger partial charge in [-0.2, -0.15) is 0 Å². The topological polar surface area (TPSA) is 38.8 Å². The highest BCUT2D eigenvalue weighted by molar-refractivity contribution is 9.10. The fourth-order valence-electron chi connectivity index (χ4n) is 3.01. The van der Waals surface area contributed by atoms with Crippen LogP contribution in [-0.2, 0) is 4.79 Å². The Bertz CT molecular complexity index is 845. The van der Waals surface area contributed by atoms with Crippen LogP contribution in [0.1, 0.15) is 25.0 Å². The summed E-state index contributed by atoms with van der Waals surface area (Å²) in [5.41, 5.74) is 3.47. The Kier molecular flexibility index (Phi) is 5.13. The Balaban J connectivity index is 2.12. The van der Waals surface area contributed by atoms with Gasteiger partial charge in [0.1, 0.15) is 0 Å². The third-order valence-corrected chi connectivity index (χ3v) is 4.85. The molecule has 0 saturated heterocycles. The van der Waals surface area contributed by atoms with Crippen molar-refractivity contribution in [2.45, 2.75) is 13.8 Å². The Morgan fingerprint density at radius 2 is 1.92 bits per heavy atom. The van der Waals surface area contributed by atoms with Crippen molar-refractivity contribution in [1.29, 1.82) is 0 Å². The molecular formula is C20H20BrNO3. The second-order valence-corrected chi connectivity index (χ2v) is 6.44. The number of rotatable bonds is 5. The number of methoxy groups -OCH3 is 1. The van der Waals surface area contributed by atoms with Gasteiger partial charge < -0.3 is 14.4 Å². The monoisotopic (exact) mass is 401 g/mol. The summed E-state index contributed by atoms with van der Waals surface area (Å²) in [7, 11) is 1.61. The second-order valence-electron chi connectivity index (χ2n) is 5.58. The maximum atomic E-state index is 12.8. The highest BCUT2D eigenvalue weighted by Crippen LogP contribution is 2.40. The highest BCUT2D eigenvalue weighted by Gasteiger charge is 2.31. The van der Waals surface area contributed by atoms with E-state index in [0.29, 0.717) is 30.2 Å². The molecule has 130 valence electrons. The molecular weight excluding hydrogens is 382 g/mol. The minimum atomic E-state index is 0.0179. The third-order valence-electron chi connectivity index (χ3n) is 4.16. The van der Waals surface area contributed by atoms with Crippen LogP contribution < -0.4 is 14.4 Å². The van der Waals surface area contributed by atoms with Crippen LogP contribution in [0.5, 0.6) is 11.5 Å². The first-order valence-electron chi connectivity index (χ1n) is 8.24. The number of benzene rings is 2. The number of halogens is 1. The minimum absolute atomic E-state index is 0.0179. The van der Waals surface area contributed by atoms with E-state index in [1.807, 2.05) is 56.3 Å². The van der Waals surface area contributed by atoms with E-state index in [0.717, 1.165) is 21.3 Å². The number of likely N-dealkylation sites (N-methyl/N-ethyl adjacent to an activating group) is 1. The van der Waals surface area contributed by atoms with Crippen LogP contribution in [0, 0.1) is 0 Å². The van der Waals surface area contributed by atoms with E-state index in [1.165, 1.54) is 0 Å². The zero-order valence-corrected chi connectivity index (χ0v) is 16.1. The van der Waals surface area contributed by atoms with Crippen molar-refractivity contribution >= 4 is 39.2 Å². The molecule has 0 aliphatic carbocycles. The fraction of sp³-hybridized carbons (Fsp3) is 0.250. The highest BCUT2D eigenvalue weighted by atomic mass is 79.9. The molecule has 0 bridgehead atoms. The van der Waals surface area contributed by atoms with Crippen molar-refractivity contribution in [3.05, 3.63) is 52.0 Å². The smallest absolute Gasteiger partial charge is 0.258 e. The number of carbonyl (C=O) groups is 1. The summed E-state index contributed by atoms with van der Waals surface area (Å²) >= 11 is 3.57. The lowest BCUT2D eigenvalue weighted by Crippen LogP contribution is -2.25. The van der Waals surface area contributed by atoms with Gasteiger partial charge in [0.05, 0.1) is 19.4 Å². The summed E-state index contributed by atoms with van der Waals surface area (Å²) < 4.78 is 11.9. The molecule has 0 radical (unpaired) electrons. The first kappa shape index (κ1) is 17.5. The molecule has 1 aliphatic heterocycles. The summed E-state index contributed by atoms with van der Waals surface area (Å²) in [5.74, 6) is 1.33. The summed E-state index contributed by atoms with van der Waals surface area (Å²) in [6.45, 7) is 5.09. The molecule has 1 amide bonds. The van der Waals surface area contributed by atoms with Gasteiger partial charge in [0.2, 0.25) is 0 Å². The van der Waals surface area contributed by atoms with Crippen LogP contribution in [0.4, 0.5) is 5.69 Å². The van der Waals surface area contributed by atoms with Crippen molar-refractivity contribution in [2.75, 3.05) is 25.2 Å².